The number of nitrogen functional groups attached to an aromatic ring is 1. The number of amides is 1. The Kier molecular flexibility index (Phi) is 9.59. The van der Waals surface area contributed by atoms with E-state index in [1.54, 1.807) is 28.6 Å². The zero-order chi connectivity index (χ0) is 26.4. The third-order valence-corrected chi connectivity index (χ3v) is 8.47. The number of nitrogens with one attached hydrogen (secondary N) is 1. The molecule has 8 nitrogen and oxygen atoms in total. The summed E-state index contributed by atoms with van der Waals surface area (Å²) in [6.45, 7) is 5.49. The standard InChI is InChI=1S/C28H39N3O5S/c1-19(2)17-31(37(34)24-10-8-22(29)9-11-24)18-26(32)25(14-20-6-4-3-5-7-20)30-28(33)36-23-15-21-12-13-35-27(21)16-23/h3-11,19,21,23,25-27,32H,12-18,29H2,1-2H3,(H,30,33)/t21-,23+,25-,26+,27+,37?/m0/s1. The van der Waals surface area contributed by atoms with Crippen LogP contribution < -0.4 is 11.1 Å². The monoisotopic (exact) mass is 529 g/mol. The summed E-state index contributed by atoms with van der Waals surface area (Å²) >= 11 is 0. The fraction of sp³-hybridized carbons (Fsp3) is 0.536. The van der Waals surface area contributed by atoms with E-state index in [9.17, 15) is 14.1 Å². The van der Waals surface area contributed by atoms with Gasteiger partial charge in [0, 0.05) is 31.8 Å². The average molecular weight is 530 g/mol. The van der Waals surface area contributed by atoms with Gasteiger partial charge in [-0.3, -0.25) is 0 Å². The number of anilines is 1. The van der Waals surface area contributed by atoms with Crippen molar-refractivity contribution < 1.29 is 23.6 Å². The molecule has 1 aliphatic carbocycles. The van der Waals surface area contributed by atoms with Gasteiger partial charge in [0.25, 0.3) is 0 Å². The van der Waals surface area contributed by atoms with E-state index in [4.69, 9.17) is 15.2 Å². The summed E-state index contributed by atoms with van der Waals surface area (Å²) in [6.07, 6.45) is 1.44. The molecule has 4 N–H and O–H groups in total. The van der Waals surface area contributed by atoms with Crippen molar-refractivity contribution >= 4 is 22.8 Å². The SMILES string of the molecule is CC(C)CN(C[C@@H](O)[C@H](Cc1ccccc1)NC(=O)O[C@@H]1C[C@@H]2CCO[C@@H]2C1)S(=O)c1ccc(N)cc1. The van der Waals surface area contributed by atoms with E-state index in [1.807, 2.05) is 44.2 Å². The molecule has 0 radical (unpaired) electrons. The molecule has 2 aromatic rings. The quantitative estimate of drug-likeness (QED) is 0.384. The summed E-state index contributed by atoms with van der Waals surface area (Å²) in [5.41, 5.74) is 7.37. The van der Waals surface area contributed by atoms with Crippen LogP contribution in [0.4, 0.5) is 10.5 Å². The number of nitrogens with zero attached hydrogens (tertiary/aromatic N) is 1. The van der Waals surface area contributed by atoms with Gasteiger partial charge in [-0.25, -0.2) is 13.3 Å². The van der Waals surface area contributed by atoms with Crippen LogP contribution >= 0.6 is 0 Å². The smallest absolute Gasteiger partial charge is 0.407 e. The van der Waals surface area contributed by atoms with Crippen molar-refractivity contribution in [1.29, 1.82) is 0 Å². The van der Waals surface area contributed by atoms with Crippen LogP contribution in [0.5, 0.6) is 0 Å². The molecule has 1 saturated carbocycles. The second-order valence-electron chi connectivity index (χ2n) is 10.5. The number of hydrogen-bond acceptors (Lipinski definition) is 6. The molecule has 37 heavy (non-hydrogen) atoms. The van der Waals surface area contributed by atoms with E-state index in [0.717, 1.165) is 25.0 Å². The molecule has 1 unspecified atom stereocenters. The summed E-state index contributed by atoms with van der Waals surface area (Å²) < 4.78 is 26.6. The minimum atomic E-state index is -1.49. The van der Waals surface area contributed by atoms with Crippen molar-refractivity contribution in [3.63, 3.8) is 0 Å². The lowest BCUT2D eigenvalue weighted by Crippen LogP contribution is -2.50. The highest BCUT2D eigenvalue weighted by Crippen LogP contribution is 2.37. The Labute approximate surface area is 222 Å². The number of carbonyl (C=O) groups is 1. The molecule has 1 heterocycles. The number of benzene rings is 2. The van der Waals surface area contributed by atoms with Crippen LogP contribution in [0.15, 0.2) is 59.5 Å². The van der Waals surface area contributed by atoms with Crippen LogP contribution in [-0.2, 0) is 26.9 Å². The third kappa shape index (κ3) is 7.77. The molecule has 6 atom stereocenters. The van der Waals surface area contributed by atoms with Crippen molar-refractivity contribution in [3.8, 4) is 0 Å². The van der Waals surface area contributed by atoms with E-state index in [1.165, 1.54) is 0 Å². The fourth-order valence-corrected chi connectivity index (χ4v) is 6.58. The van der Waals surface area contributed by atoms with Gasteiger partial charge in [-0.1, -0.05) is 44.2 Å². The van der Waals surface area contributed by atoms with E-state index in [0.29, 0.717) is 35.9 Å². The molecule has 2 fully saturated rings. The summed E-state index contributed by atoms with van der Waals surface area (Å²) in [7, 11) is -1.49. The maximum atomic E-state index is 13.4. The van der Waals surface area contributed by atoms with Crippen LogP contribution in [0, 0.1) is 11.8 Å². The molecule has 1 amide bonds. The molecule has 202 valence electrons. The summed E-state index contributed by atoms with van der Waals surface area (Å²) in [6, 6.07) is 16.0. The lowest BCUT2D eigenvalue weighted by atomic mass is 10.0. The summed E-state index contributed by atoms with van der Waals surface area (Å²) in [5.74, 6) is 0.677. The van der Waals surface area contributed by atoms with Gasteiger partial charge in [-0.05, 0) is 60.9 Å². The first-order chi connectivity index (χ1) is 17.8. The van der Waals surface area contributed by atoms with Gasteiger partial charge in [-0.2, -0.15) is 0 Å². The normalized spacial score (nSPS) is 23.5. The van der Waals surface area contributed by atoms with Gasteiger partial charge >= 0.3 is 6.09 Å². The number of hydrogen-bond donors (Lipinski definition) is 3. The molecule has 2 aliphatic rings. The first kappa shape index (κ1) is 27.6. The van der Waals surface area contributed by atoms with Crippen molar-refractivity contribution in [2.24, 2.45) is 11.8 Å². The highest BCUT2D eigenvalue weighted by Gasteiger charge is 2.40. The third-order valence-electron chi connectivity index (χ3n) is 7.02. The molecule has 2 aromatic carbocycles. The number of fused-ring (bicyclic) bond motifs is 1. The van der Waals surface area contributed by atoms with Gasteiger partial charge in [-0.15, -0.1) is 0 Å². The molecular formula is C28H39N3O5S. The highest BCUT2D eigenvalue weighted by molar-refractivity contribution is 7.82. The number of alkyl carbamates (subject to hydrolysis) is 1. The molecule has 4 rings (SSSR count). The maximum absolute atomic E-state index is 13.4. The predicted molar refractivity (Wildman–Crippen MR) is 144 cm³/mol. The molecule has 0 bridgehead atoms. The van der Waals surface area contributed by atoms with E-state index >= 15 is 0 Å². The van der Waals surface area contributed by atoms with Crippen LogP contribution in [0.3, 0.4) is 0 Å². The van der Waals surface area contributed by atoms with Crippen molar-refractivity contribution in [1.82, 2.24) is 9.62 Å². The summed E-state index contributed by atoms with van der Waals surface area (Å²) in [4.78, 5) is 13.5. The van der Waals surface area contributed by atoms with Crippen LogP contribution in [0.2, 0.25) is 0 Å². The molecule has 0 aromatic heterocycles. The van der Waals surface area contributed by atoms with Gasteiger partial charge < -0.3 is 25.6 Å². The Balaban J connectivity index is 1.44. The molecule has 9 heteroatoms. The lowest BCUT2D eigenvalue weighted by Gasteiger charge is -2.30. The van der Waals surface area contributed by atoms with Crippen LogP contribution in [0.25, 0.3) is 0 Å². The first-order valence-corrected chi connectivity index (χ1v) is 14.2. The topological polar surface area (TPSA) is 114 Å². The van der Waals surface area contributed by atoms with Crippen molar-refractivity contribution in [2.75, 3.05) is 25.4 Å². The van der Waals surface area contributed by atoms with Crippen LogP contribution in [-0.4, -0.2) is 63.8 Å². The number of aliphatic hydroxyl groups excluding tert-OH is 1. The minimum Gasteiger partial charge on any atom is -0.446 e. The molecular weight excluding hydrogens is 490 g/mol. The zero-order valence-corrected chi connectivity index (χ0v) is 22.4. The van der Waals surface area contributed by atoms with E-state index in [2.05, 4.69) is 5.32 Å². The van der Waals surface area contributed by atoms with Gasteiger partial charge in [0.2, 0.25) is 0 Å². The van der Waals surface area contributed by atoms with Gasteiger partial charge in [0.15, 0.2) is 0 Å². The molecule has 1 aliphatic heterocycles. The number of ether oxygens (including phenoxy) is 2. The van der Waals surface area contributed by atoms with Crippen LogP contribution in [0.1, 0.15) is 38.7 Å². The van der Waals surface area contributed by atoms with Gasteiger partial charge in [0.1, 0.15) is 17.1 Å². The lowest BCUT2D eigenvalue weighted by molar-refractivity contribution is 0.0556. The van der Waals surface area contributed by atoms with E-state index in [-0.39, 0.29) is 24.7 Å². The van der Waals surface area contributed by atoms with E-state index < -0.39 is 29.2 Å². The van der Waals surface area contributed by atoms with Crippen molar-refractivity contribution in [2.45, 2.75) is 68.8 Å². The van der Waals surface area contributed by atoms with Gasteiger partial charge in [0.05, 0.1) is 23.1 Å². The molecule has 1 saturated heterocycles. The Morgan fingerprint density at radius 3 is 2.57 bits per heavy atom. The Morgan fingerprint density at radius 2 is 1.89 bits per heavy atom. The first-order valence-electron chi connectivity index (χ1n) is 13.1. The minimum absolute atomic E-state index is 0.119. The second-order valence-corrected chi connectivity index (χ2v) is 12.0. The Morgan fingerprint density at radius 1 is 1.16 bits per heavy atom. The predicted octanol–water partition coefficient (Wildman–Crippen LogP) is 3.52. The maximum Gasteiger partial charge on any atom is 0.407 e. The zero-order valence-electron chi connectivity index (χ0n) is 21.6. The highest BCUT2D eigenvalue weighted by atomic mass is 32.2. The average Bonchev–Trinajstić information content (AvgIpc) is 3.45. The summed E-state index contributed by atoms with van der Waals surface area (Å²) in [5, 5.41) is 14.3. The number of rotatable bonds is 11. The van der Waals surface area contributed by atoms with Crippen molar-refractivity contribution in [3.05, 3.63) is 60.2 Å². The Bertz CT molecular complexity index is 1020. The number of carbonyl (C=O) groups excluding carboxylic acids is 1. The number of nitrogens with two attached hydrogens (primary N) is 1. The number of aliphatic hydroxyl groups is 1. The Hall–Kier alpha value is -2.46. The second kappa shape index (κ2) is 12.9. The largest absolute Gasteiger partial charge is 0.446 e. The fourth-order valence-electron chi connectivity index (χ4n) is 5.19. The molecule has 0 spiro atoms.